The third-order valence-electron chi connectivity index (χ3n) is 11.2. The number of hydrogen-bond acceptors (Lipinski definition) is 0. The minimum atomic E-state index is 0.976. The molecule has 0 N–H and O–H groups in total. The van der Waals surface area contributed by atoms with Gasteiger partial charge in [0.1, 0.15) is 0 Å². The summed E-state index contributed by atoms with van der Waals surface area (Å²) < 4.78 is 4.71. The summed E-state index contributed by atoms with van der Waals surface area (Å²) in [6, 6.07) is 69.7. The second-order valence-corrected chi connectivity index (χ2v) is 14.7. The van der Waals surface area contributed by atoms with Crippen molar-refractivity contribution in [2.75, 3.05) is 0 Å². The van der Waals surface area contributed by atoms with Crippen molar-refractivity contribution in [3.8, 4) is 22.5 Å². The van der Waals surface area contributed by atoms with Crippen molar-refractivity contribution in [2.45, 2.75) is 20.8 Å². The van der Waals surface area contributed by atoms with Gasteiger partial charge < -0.3 is 9.13 Å². The molecule has 0 atom stereocenters. The molecule has 0 bridgehead atoms. The lowest BCUT2D eigenvalue weighted by Gasteiger charge is -2.14. The summed E-state index contributed by atoms with van der Waals surface area (Å²) in [5.41, 5.74) is 15.1. The Morgan fingerprint density at radius 2 is 1.08 bits per heavy atom. The summed E-state index contributed by atoms with van der Waals surface area (Å²) in [7, 11) is 0. The van der Waals surface area contributed by atoms with Crippen molar-refractivity contribution in [3.63, 3.8) is 0 Å². The second kappa shape index (κ2) is 16.2. The molecule has 0 fully saturated rings. The normalized spacial score (nSPS) is 11.9. The third kappa shape index (κ3) is 7.00. The largest absolute Gasteiger partial charge is 0.317 e. The molecule has 10 aromatic rings. The average molecular weight is 759 g/mol. The minimum Gasteiger partial charge on any atom is -0.317 e. The smallest absolute Gasteiger partial charge is 0.0619 e. The number of allylic oxidation sites excluding steroid dienone is 5. The SMILES string of the molecule is C=C(/C=C(\C=C(/C)c1ccccc1)c1ccc(-n2c3ccccc3c3cc(-c4ccc5c(ccn5-c5ccccc5)c4)c4ccccc4c32)cc1)c1ccccc1.CC. The summed E-state index contributed by atoms with van der Waals surface area (Å²) >= 11 is 0. The number of rotatable bonds is 8. The van der Waals surface area contributed by atoms with Crippen LogP contribution in [-0.4, -0.2) is 9.13 Å². The zero-order chi connectivity index (χ0) is 40.3. The Labute approximate surface area is 347 Å². The van der Waals surface area contributed by atoms with E-state index in [4.69, 9.17) is 0 Å². The predicted octanol–water partition coefficient (Wildman–Crippen LogP) is 15.8. The molecule has 10 rings (SSSR count). The second-order valence-electron chi connectivity index (χ2n) is 14.7. The van der Waals surface area contributed by atoms with Gasteiger partial charge in [-0.25, -0.2) is 0 Å². The number of nitrogens with zero attached hydrogens (tertiary/aromatic N) is 2. The van der Waals surface area contributed by atoms with Gasteiger partial charge in [0.25, 0.3) is 0 Å². The van der Waals surface area contributed by atoms with E-state index in [9.17, 15) is 0 Å². The molecule has 0 saturated carbocycles. The van der Waals surface area contributed by atoms with E-state index < -0.39 is 0 Å². The van der Waals surface area contributed by atoms with E-state index in [-0.39, 0.29) is 0 Å². The monoisotopic (exact) mass is 758 g/mol. The first-order chi connectivity index (χ1) is 29.1. The van der Waals surface area contributed by atoms with Crippen LogP contribution in [-0.2, 0) is 0 Å². The van der Waals surface area contributed by atoms with Crippen LogP contribution >= 0.6 is 0 Å². The zero-order valence-corrected chi connectivity index (χ0v) is 33.8. The molecule has 0 aliphatic heterocycles. The molecule has 0 aliphatic rings. The molecule has 2 heteroatoms. The summed E-state index contributed by atoms with van der Waals surface area (Å²) in [6.07, 6.45) is 6.66. The van der Waals surface area contributed by atoms with Gasteiger partial charge in [0.15, 0.2) is 0 Å². The van der Waals surface area contributed by atoms with Crippen LogP contribution in [0.15, 0.2) is 219 Å². The van der Waals surface area contributed by atoms with Gasteiger partial charge in [0, 0.05) is 39.1 Å². The van der Waals surface area contributed by atoms with Gasteiger partial charge >= 0.3 is 0 Å². The Bertz CT molecular complexity index is 3160. The summed E-state index contributed by atoms with van der Waals surface area (Å²) in [4.78, 5) is 0. The first-order valence-electron chi connectivity index (χ1n) is 20.5. The van der Waals surface area contributed by atoms with E-state index in [0.29, 0.717) is 0 Å². The van der Waals surface area contributed by atoms with Crippen LogP contribution in [0.25, 0.3) is 82.7 Å². The molecule has 0 aliphatic carbocycles. The highest BCUT2D eigenvalue weighted by molar-refractivity contribution is 6.22. The first-order valence-corrected chi connectivity index (χ1v) is 20.5. The van der Waals surface area contributed by atoms with Crippen molar-refractivity contribution in [1.29, 1.82) is 0 Å². The lowest BCUT2D eigenvalue weighted by Crippen LogP contribution is -1.96. The van der Waals surface area contributed by atoms with E-state index >= 15 is 0 Å². The van der Waals surface area contributed by atoms with Crippen LogP contribution in [0.2, 0.25) is 0 Å². The van der Waals surface area contributed by atoms with Gasteiger partial charge in [-0.3, -0.25) is 0 Å². The van der Waals surface area contributed by atoms with Gasteiger partial charge in [-0.05, 0) is 118 Å². The molecule has 284 valence electrons. The van der Waals surface area contributed by atoms with Gasteiger partial charge in [-0.1, -0.05) is 166 Å². The molecule has 0 amide bonds. The fraction of sp³-hybridized carbons (Fsp3) is 0.0526. The van der Waals surface area contributed by atoms with Crippen LogP contribution in [0.4, 0.5) is 0 Å². The molecule has 2 aromatic heterocycles. The van der Waals surface area contributed by atoms with Gasteiger partial charge in [0.2, 0.25) is 0 Å². The Morgan fingerprint density at radius 1 is 0.475 bits per heavy atom. The van der Waals surface area contributed by atoms with Crippen LogP contribution < -0.4 is 0 Å². The van der Waals surface area contributed by atoms with Crippen molar-refractivity contribution in [2.24, 2.45) is 0 Å². The highest BCUT2D eigenvalue weighted by Crippen LogP contribution is 2.42. The number of aromatic nitrogens is 2. The predicted molar refractivity (Wildman–Crippen MR) is 255 cm³/mol. The fourth-order valence-corrected chi connectivity index (χ4v) is 8.41. The molecule has 2 heterocycles. The summed E-state index contributed by atoms with van der Waals surface area (Å²) in [5, 5.41) is 6.16. The van der Waals surface area contributed by atoms with Crippen LogP contribution in [0.1, 0.15) is 37.5 Å². The maximum atomic E-state index is 4.47. The standard InChI is InChI=1S/C55H40N2.C2H6/c1-38(40-16-6-3-7-17-40)34-45(35-39(2)41-18-8-4-9-19-41)42-26-29-47(30-27-42)57-54-25-15-14-23-49(54)52-37-51(48-22-12-13-24-50(48)55(52)57)43-28-31-53-44(36-43)32-33-56(53)46-20-10-5-11-21-46;1-2/h3-37H,1H2,2H3;1-2H3/b39-35+,45-34+;. The highest BCUT2D eigenvalue weighted by atomic mass is 15.0. The van der Waals surface area contributed by atoms with E-state index in [1.54, 1.807) is 0 Å². The molecule has 59 heavy (non-hydrogen) atoms. The molecule has 0 unspecified atom stereocenters. The highest BCUT2D eigenvalue weighted by Gasteiger charge is 2.19. The van der Waals surface area contributed by atoms with Crippen molar-refractivity contribution in [3.05, 3.63) is 236 Å². The molecule has 0 spiro atoms. The van der Waals surface area contributed by atoms with E-state index in [1.807, 2.05) is 19.9 Å². The molecular formula is C57H46N2. The quantitative estimate of drug-likeness (QED) is 0.137. The average Bonchev–Trinajstić information content (AvgIpc) is 3.89. The summed E-state index contributed by atoms with van der Waals surface area (Å²) in [5.74, 6) is 0. The topological polar surface area (TPSA) is 9.86 Å². The van der Waals surface area contributed by atoms with E-state index in [1.165, 1.54) is 65.7 Å². The lowest BCUT2D eigenvalue weighted by atomic mass is 9.94. The molecule has 0 radical (unpaired) electrons. The van der Waals surface area contributed by atoms with Gasteiger partial charge in [0.05, 0.1) is 16.6 Å². The maximum absolute atomic E-state index is 4.47. The summed E-state index contributed by atoms with van der Waals surface area (Å²) in [6.45, 7) is 10.7. The molecule has 0 saturated heterocycles. The number of para-hydroxylation sites is 2. The molecule has 2 nitrogen and oxygen atoms in total. The number of benzene rings is 8. The number of fused-ring (bicyclic) bond motifs is 6. The Balaban J connectivity index is 0.00000221. The van der Waals surface area contributed by atoms with Crippen LogP contribution in [0.3, 0.4) is 0 Å². The van der Waals surface area contributed by atoms with E-state index in [2.05, 4.69) is 229 Å². The number of hydrogen-bond donors (Lipinski definition) is 0. The van der Waals surface area contributed by atoms with Crippen molar-refractivity contribution >= 4 is 60.2 Å². The Hall–Kier alpha value is -7.42. The first kappa shape index (κ1) is 37.2. The zero-order valence-electron chi connectivity index (χ0n) is 33.8. The van der Waals surface area contributed by atoms with E-state index in [0.717, 1.165) is 33.6 Å². The van der Waals surface area contributed by atoms with Gasteiger partial charge in [-0.15, -0.1) is 0 Å². The fourth-order valence-electron chi connectivity index (χ4n) is 8.41. The third-order valence-corrected chi connectivity index (χ3v) is 11.2. The minimum absolute atomic E-state index is 0.976. The van der Waals surface area contributed by atoms with Crippen LogP contribution in [0.5, 0.6) is 0 Å². The van der Waals surface area contributed by atoms with Crippen molar-refractivity contribution < 1.29 is 0 Å². The Morgan fingerprint density at radius 3 is 1.80 bits per heavy atom. The van der Waals surface area contributed by atoms with Gasteiger partial charge in [-0.2, -0.15) is 0 Å². The molecular weight excluding hydrogens is 713 g/mol. The lowest BCUT2D eigenvalue weighted by molar-refractivity contribution is 1.13. The Kier molecular flexibility index (Phi) is 10.2. The molecule has 8 aromatic carbocycles. The van der Waals surface area contributed by atoms with Crippen LogP contribution in [0, 0.1) is 0 Å². The van der Waals surface area contributed by atoms with Crippen molar-refractivity contribution in [1.82, 2.24) is 9.13 Å². The maximum Gasteiger partial charge on any atom is 0.0619 e.